The molecule has 0 saturated carbocycles. The number of oxazole rings is 1. The predicted octanol–water partition coefficient (Wildman–Crippen LogP) is 2.44. The maximum Gasteiger partial charge on any atom is 0.419 e. The molecule has 0 atom stereocenters. The van der Waals surface area contributed by atoms with E-state index in [9.17, 15) is 9.59 Å². The number of amides is 1. The molecule has 0 bridgehead atoms. The first-order valence-electron chi connectivity index (χ1n) is 6.42. The van der Waals surface area contributed by atoms with Crippen molar-refractivity contribution in [2.45, 2.75) is 19.9 Å². The van der Waals surface area contributed by atoms with Gasteiger partial charge in [0.25, 0.3) is 0 Å². The van der Waals surface area contributed by atoms with Crippen LogP contribution in [0.2, 0.25) is 5.02 Å². The summed E-state index contributed by atoms with van der Waals surface area (Å²) in [6, 6.07) is 4.92. The Morgan fingerprint density at radius 3 is 3.00 bits per heavy atom. The van der Waals surface area contributed by atoms with Crippen LogP contribution in [0, 0.1) is 6.92 Å². The van der Waals surface area contributed by atoms with Crippen molar-refractivity contribution in [3.8, 4) is 0 Å². The minimum atomic E-state index is -0.517. The van der Waals surface area contributed by atoms with E-state index in [4.69, 9.17) is 16.0 Å². The summed E-state index contributed by atoms with van der Waals surface area (Å²) in [5, 5.41) is 12.0. The number of hydrogen-bond donors (Lipinski definition) is 1. The molecule has 0 fully saturated rings. The maximum atomic E-state index is 11.9. The van der Waals surface area contributed by atoms with E-state index in [0.29, 0.717) is 21.3 Å². The van der Waals surface area contributed by atoms with Gasteiger partial charge in [0.2, 0.25) is 11.0 Å². The second-order valence-corrected chi connectivity index (χ2v) is 6.17. The maximum absolute atomic E-state index is 11.9. The van der Waals surface area contributed by atoms with Crippen molar-refractivity contribution in [2.75, 3.05) is 5.32 Å². The summed E-state index contributed by atoms with van der Waals surface area (Å²) in [5.41, 5.74) is 1.01. The summed E-state index contributed by atoms with van der Waals surface area (Å²) < 4.78 is 6.50. The first-order valence-corrected chi connectivity index (χ1v) is 7.61. The smallest absolute Gasteiger partial charge is 0.408 e. The number of anilines is 1. The standard InChI is InChI=1S/C13H11ClN4O3S/c1-7-16-17-12(22-7)15-11(19)4-5-18-9-3-2-8(14)6-10(9)21-13(18)20/h2-3,6H,4-5H2,1H3,(H,15,17,19). The first kappa shape index (κ1) is 14.7. The number of aromatic nitrogens is 3. The molecule has 0 aliphatic heterocycles. The van der Waals surface area contributed by atoms with Crippen molar-refractivity contribution in [3.63, 3.8) is 0 Å². The lowest BCUT2D eigenvalue weighted by molar-refractivity contribution is -0.116. The normalized spacial score (nSPS) is 11.0. The van der Waals surface area contributed by atoms with Crippen molar-refractivity contribution in [2.24, 2.45) is 0 Å². The quantitative estimate of drug-likeness (QED) is 0.789. The molecule has 114 valence electrons. The van der Waals surface area contributed by atoms with E-state index in [-0.39, 0.29) is 18.9 Å². The van der Waals surface area contributed by atoms with Gasteiger partial charge in [0.1, 0.15) is 5.01 Å². The molecule has 2 aromatic heterocycles. The Bertz CT molecular complexity index is 898. The second-order valence-electron chi connectivity index (χ2n) is 4.56. The number of nitrogens with zero attached hydrogens (tertiary/aromatic N) is 3. The van der Waals surface area contributed by atoms with E-state index in [2.05, 4.69) is 15.5 Å². The molecule has 0 unspecified atom stereocenters. The van der Waals surface area contributed by atoms with Gasteiger partial charge >= 0.3 is 5.76 Å². The summed E-state index contributed by atoms with van der Waals surface area (Å²) in [4.78, 5) is 23.7. The van der Waals surface area contributed by atoms with Crippen LogP contribution in [0.4, 0.5) is 5.13 Å². The van der Waals surface area contributed by atoms with Crippen LogP contribution in [0.3, 0.4) is 0 Å². The Hall–Kier alpha value is -2.19. The third-order valence-electron chi connectivity index (χ3n) is 2.97. The second kappa shape index (κ2) is 5.90. The highest BCUT2D eigenvalue weighted by Crippen LogP contribution is 2.19. The molecule has 1 N–H and O–H groups in total. The summed E-state index contributed by atoms with van der Waals surface area (Å²) in [5.74, 6) is -0.761. The number of aryl methyl sites for hydroxylation is 2. The highest BCUT2D eigenvalue weighted by Gasteiger charge is 2.12. The fraction of sp³-hybridized carbons (Fsp3) is 0.231. The van der Waals surface area contributed by atoms with E-state index in [1.165, 1.54) is 15.9 Å². The molecule has 3 aromatic rings. The molecule has 0 spiro atoms. The summed E-state index contributed by atoms with van der Waals surface area (Å²) in [6.07, 6.45) is 0.121. The molecule has 0 aliphatic carbocycles. The van der Waals surface area contributed by atoms with Crippen LogP contribution in [0.5, 0.6) is 0 Å². The predicted molar refractivity (Wildman–Crippen MR) is 83.4 cm³/mol. The highest BCUT2D eigenvalue weighted by molar-refractivity contribution is 7.15. The zero-order chi connectivity index (χ0) is 15.7. The Balaban J connectivity index is 1.72. The van der Waals surface area contributed by atoms with Crippen LogP contribution in [0.1, 0.15) is 11.4 Å². The lowest BCUT2D eigenvalue weighted by atomic mass is 10.3. The molecular formula is C13H11ClN4O3S. The topological polar surface area (TPSA) is 90.0 Å². The summed E-state index contributed by atoms with van der Waals surface area (Å²) >= 11 is 7.14. The van der Waals surface area contributed by atoms with Gasteiger partial charge in [-0.3, -0.25) is 9.36 Å². The molecule has 0 radical (unpaired) electrons. The monoisotopic (exact) mass is 338 g/mol. The molecule has 0 saturated heterocycles. The number of rotatable bonds is 4. The molecular weight excluding hydrogens is 328 g/mol. The summed E-state index contributed by atoms with van der Waals surface area (Å²) in [7, 11) is 0. The number of nitrogens with one attached hydrogen (secondary N) is 1. The molecule has 2 heterocycles. The third-order valence-corrected chi connectivity index (χ3v) is 3.95. The molecule has 1 amide bonds. The van der Waals surface area contributed by atoms with E-state index in [1.54, 1.807) is 25.1 Å². The van der Waals surface area contributed by atoms with Crippen LogP contribution in [0.25, 0.3) is 11.1 Å². The van der Waals surface area contributed by atoms with Gasteiger partial charge in [0.15, 0.2) is 5.58 Å². The van der Waals surface area contributed by atoms with Gasteiger partial charge in [0.05, 0.1) is 5.52 Å². The van der Waals surface area contributed by atoms with E-state index in [1.807, 2.05) is 0 Å². The van der Waals surface area contributed by atoms with Gasteiger partial charge in [-0.15, -0.1) is 10.2 Å². The fourth-order valence-corrected chi connectivity index (χ4v) is 2.76. The lowest BCUT2D eigenvalue weighted by Crippen LogP contribution is -2.19. The van der Waals surface area contributed by atoms with Gasteiger partial charge in [-0.1, -0.05) is 22.9 Å². The molecule has 1 aromatic carbocycles. The Morgan fingerprint density at radius 1 is 1.45 bits per heavy atom. The zero-order valence-electron chi connectivity index (χ0n) is 11.5. The van der Waals surface area contributed by atoms with Gasteiger partial charge in [-0.2, -0.15) is 0 Å². The third kappa shape index (κ3) is 3.02. The van der Waals surface area contributed by atoms with Crippen LogP contribution in [-0.4, -0.2) is 20.7 Å². The largest absolute Gasteiger partial charge is 0.419 e. The van der Waals surface area contributed by atoms with Gasteiger partial charge in [-0.25, -0.2) is 4.79 Å². The Labute approximate surface area is 133 Å². The summed E-state index contributed by atoms with van der Waals surface area (Å²) in [6.45, 7) is 2.01. The molecule has 0 aliphatic rings. The van der Waals surface area contributed by atoms with Gasteiger partial charge in [-0.05, 0) is 19.1 Å². The Kier molecular flexibility index (Phi) is 3.95. The minimum absolute atomic E-state index is 0.121. The SMILES string of the molecule is Cc1nnc(NC(=O)CCn2c(=O)oc3cc(Cl)ccc32)s1. The number of carbonyl (C=O) groups is 1. The van der Waals surface area contributed by atoms with Crippen molar-refractivity contribution in [3.05, 3.63) is 38.8 Å². The van der Waals surface area contributed by atoms with Crippen LogP contribution in [-0.2, 0) is 11.3 Å². The molecule has 9 heteroatoms. The van der Waals surface area contributed by atoms with Crippen LogP contribution in [0.15, 0.2) is 27.4 Å². The van der Waals surface area contributed by atoms with E-state index >= 15 is 0 Å². The molecule has 3 rings (SSSR count). The average Bonchev–Trinajstić information content (AvgIpc) is 2.99. The van der Waals surface area contributed by atoms with Gasteiger partial charge < -0.3 is 9.73 Å². The van der Waals surface area contributed by atoms with Crippen molar-refractivity contribution >= 4 is 45.1 Å². The number of benzene rings is 1. The molecule has 22 heavy (non-hydrogen) atoms. The van der Waals surface area contributed by atoms with E-state index < -0.39 is 5.76 Å². The fourth-order valence-electron chi connectivity index (χ4n) is 1.99. The average molecular weight is 339 g/mol. The van der Waals surface area contributed by atoms with Crippen LogP contribution < -0.4 is 11.1 Å². The highest BCUT2D eigenvalue weighted by atomic mass is 35.5. The minimum Gasteiger partial charge on any atom is -0.408 e. The molecule has 7 nitrogen and oxygen atoms in total. The van der Waals surface area contributed by atoms with Crippen molar-refractivity contribution in [1.29, 1.82) is 0 Å². The first-order chi connectivity index (χ1) is 10.5. The number of hydrogen-bond acceptors (Lipinski definition) is 6. The number of fused-ring (bicyclic) bond motifs is 1. The van der Waals surface area contributed by atoms with Crippen molar-refractivity contribution < 1.29 is 9.21 Å². The Morgan fingerprint density at radius 2 is 2.27 bits per heavy atom. The lowest BCUT2D eigenvalue weighted by Gasteiger charge is -2.02. The van der Waals surface area contributed by atoms with E-state index in [0.717, 1.165) is 5.01 Å². The van der Waals surface area contributed by atoms with Crippen molar-refractivity contribution in [1.82, 2.24) is 14.8 Å². The van der Waals surface area contributed by atoms with Crippen LogP contribution >= 0.6 is 22.9 Å². The zero-order valence-corrected chi connectivity index (χ0v) is 13.1. The van der Waals surface area contributed by atoms with Gasteiger partial charge in [0, 0.05) is 24.1 Å². The number of carbonyl (C=O) groups excluding carboxylic acids is 1. The number of halogens is 1.